The molecule has 2 N–H and O–H groups in total. The molecule has 0 spiro atoms. The van der Waals surface area contributed by atoms with Crippen molar-refractivity contribution >= 4 is 5.91 Å². The summed E-state index contributed by atoms with van der Waals surface area (Å²) in [4.78, 5) is 21.8. The quantitative estimate of drug-likeness (QED) is 0.566. The molecule has 3 saturated carbocycles. The highest BCUT2D eigenvalue weighted by atomic mass is 16.3. The molecule has 176 valence electrons. The Morgan fingerprint density at radius 2 is 1.91 bits per heavy atom. The van der Waals surface area contributed by atoms with Gasteiger partial charge in [-0.15, -0.1) is 0 Å². The number of aliphatic hydroxyl groups is 1. The monoisotopic (exact) mass is 456 g/mol. The van der Waals surface area contributed by atoms with Crippen LogP contribution in [0.3, 0.4) is 0 Å². The fourth-order valence-electron chi connectivity index (χ4n) is 6.85. The molecule has 3 fully saturated rings. The van der Waals surface area contributed by atoms with Gasteiger partial charge < -0.3 is 15.0 Å². The number of benzene rings is 1. The van der Waals surface area contributed by atoms with E-state index in [9.17, 15) is 9.90 Å². The van der Waals surface area contributed by atoms with E-state index in [1.54, 1.807) is 12.4 Å². The van der Waals surface area contributed by atoms with Crippen LogP contribution in [-0.4, -0.2) is 31.7 Å². The average Bonchev–Trinajstić information content (AvgIpc) is 3.33. The molecule has 7 rings (SSSR count). The topological polar surface area (TPSA) is 80.0 Å². The predicted molar refractivity (Wildman–Crippen MR) is 130 cm³/mol. The van der Waals surface area contributed by atoms with E-state index in [2.05, 4.69) is 44.1 Å². The van der Waals surface area contributed by atoms with Crippen molar-refractivity contribution in [3.05, 3.63) is 72.4 Å². The van der Waals surface area contributed by atoms with Gasteiger partial charge in [-0.05, 0) is 67.6 Å². The smallest absolute Gasteiger partial charge is 0.226 e. The van der Waals surface area contributed by atoms with Gasteiger partial charge in [-0.25, -0.2) is 4.98 Å². The summed E-state index contributed by atoms with van der Waals surface area (Å²) in [6, 6.07) is 12.5. The predicted octanol–water partition coefficient (Wildman–Crippen LogP) is 4.65. The summed E-state index contributed by atoms with van der Waals surface area (Å²) in [6.45, 7) is 0.524. The lowest BCUT2D eigenvalue weighted by Crippen LogP contribution is -2.46. The Morgan fingerprint density at radius 3 is 2.74 bits per heavy atom. The first-order valence-electron chi connectivity index (χ1n) is 12.6. The van der Waals surface area contributed by atoms with Crippen LogP contribution >= 0.6 is 0 Å². The van der Waals surface area contributed by atoms with Crippen LogP contribution in [0.2, 0.25) is 0 Å². The summed E-state index contributed by atoms with van der Waals surface area (Å²) >= 11 is 0. The zero-order valence-corrected chi connectivity index (χ0v) is 19.5. The summed E-state index contributed by atoms with van der Waals surface area (Å²) < 4.78 is 2.22. The number of hydrogen-bond acceptors (Lipinski definition) is 4. The Hall–Kier alpha value is -2.99. The van der Waals surface area contributed by atoms with Crippen LogP contribution < -0.4 is 5.32 Å². The summed E-state index contributed by atoms with van der Waals surface area (Å²) in [5.74, 6) is 0.175. The highest BCUT2D eigenvalue weighted by Crippen LogP contribution is 2.57. The minimum absolute atomic E-state index is 0.0953. The highest BCUT2D eigenvalue weighted by molar-refractivity contribution is 5.82. The highest BCUT2D eigenvalue weighted by Gasteiger charge is 2.52. The number of nitrogens with one attached hydrogen (secondary N) is 1. The first-order chi connectivity index (χ1) is 16.6. The van der Waals surface area contributed by atoms with Gasteiger partial charge >= 0.3 is 0 Å². The average molecular weight is 457 g/mol. The van der Waals surface area contributed by atoms with E-state index in [0.29, 0.717) is 13.0 Å². The van der Waals surface area contributed by atoms with Crippen LogP contribution in [0, 0.1) is 10.8 Å². The van der Waals surface area contributed by atoms with Gasteiger partial charge in [0.2, 0.25) is 5.91 Å². The lowest BCUT2D eigenvalue weighted by atomic mass is 9.62. The van der Waals surface area contributed by atoms with Crippen molar-refractivity contribution in [3.63, 3.8) is 0 Å². The van der Waals surface area contributed by atoms with Crippen molar-refractivity contribution in [1.82, 2.24) is 19.9 Å². The van der Waals surface area contributed by atoms with E-state index in [-0.39, 0.29) is 22.8 Å². The van der Waals surface area contributed by atoms with Gasteiger partial charge in [-0.2, -0.15) is 0 Å². The SMILES string of the molecule is O=C(NCc1cccnc1)C12CCCC(C(O)CC3c4ccccc4-c4cncn43)(CC1)CC2. The third-order valence-electron chi connectivity index (χ3n) is 8.94. The third-order valence-corrected chi connectivity index (χ3v) is 8.94. The van der Waals surface area contributed by atoms with Gasteiger partial charge in [0.1, 0.15) is 0 Å². The molecule has 6 nitrogen and oxygen atoms in total. The Kier molecular flexibility index (Phi) is 5.29. The first kappa shape index (κ1) is 21.5. The number of imidazole rings is 1. The molecule has 3 heterocycles. The number of fused-ring (bicyclic) bond motifs is 7. The molecular weight excluding hydrogens is 424 g/mol. The number of pyridine rings is 1. The minimum Gasteiger partial charge on any atom is -0.392 e. The normalized spacial score (nSPS) is 28.1. The van der Waals surface area contributed by atoms with Gasteiger partial charge in [0.05, 0.1) is 30.4 Å². The van der Waals surface area contributed by atoms with Gasteiger partial charge in [0.25, 0.3) is 0 Å². The van der Waals surface area contributed by atoms with Crippen molar-refractivity contribution in [3.8, 4) is 11.3 Å². The number of hydrogen-bond donors (Lipinski definition) is 2. The van der Waals surface area contributed by atoms with Crippen LogP contribution in [0.5, 0.6) is 0 Å². The van der Waals surface area contributed by atoms with E-state index < -0.39 is 6.10 Å². The van der Waals surface area contributed by atoms with Crippen LogP contribution in [0.25, 0.3) is 11.3 Å². The molecule has 3 aromatic rings. The Balaban J connectivity index is 1.16. The second-order valence-corrected chi connectivity index (χ2v) is 10.6. The van der Waals surface area contributed by atoms with E-state index in [1.165, 1.54) is 11.1 Å². The van der Waals surface area contributed by atoms with Crippen molar-refractivity contribution in [2.24, 2.45) is 10.8 Å². The zero-order valence-electron chi connectivity index (χ0n) is 19.5. The molecule has 1 aliphatic heterocycles. The molecule has 1 amide bonds. The molecule has 3 aliphatic carbocycles. The van der Waals surface area contributed by atoms with E-state index >= 15 is 0 Å². The Labute approximate surface area is 200 Å². The van der Waals surface area contributed by atoms with Crippen LogP contribution in [0.1, 0.15) is 68.5 Å². The molecule has 1 aromatic carbocycles. The fraction of sp³-hybridized carbons (Fsp3) is 0.464. The van der Waals surface area contributed by atoms with Gasteiger partial charge in [-0.3, -0.25) is 9.78 Å². The molecule has 6 heteroatoms. The van der Waals surface area contributed by atoms with Crippen molar-refractivity contribution in [2.75, 3.05) is 0 Å². The van der Waals surface area contributed by atoms with Crippen molar-refractivity contribution < 1.29 is 9.90 Å². The standard InChI is InChI=1S/C28H32N4O2/c33-25(15-23-21-6-1-2-7-22(21)24-18-30-19-32(23)24)27-8-4-9-28(12-10-27,13-11-27)26(34)31-17-20-5-3-14-29-16-20/h1-3,5-7,14,16,18-19,23,25,33H,4,8-13,15,17H2,(H,31,34). The summed E-state index contributed by atoms with van der Waals surface area (Å²) in [5.41, 5.74) is 4.28. The molecule has 0 saturated heterocycles. The molecule has 0 radical (unpaired) electrons. The lowest BCUT2D eigenvalue weighted by Gasteiger charge is -2.45. The molecule has 2 aromatic heterocycles. The van der Waals surface area contributed by atoms with Crippen LogP contribution in [-0.2, 0) is 11.3 Å². The fourth-order valence-corrected chi connectivity index (χ4v) is 6.85. The Morgan fingerprint density at radius 1 is 1.06 bits per heavy atom. The maximum Gasteiger partial charge on any atom is 0.226 e. The van der Waals surface area contributed by atoms with Gasteiger partial charge in [0, 0.05) is 29.9 Å². The number of carbonyl (C=O) groups is 1. The number of aliphatic hydroxyl groups excluding tert-OH is 1. The Bertz CT molecular complexity index is 1180. The molecule has 34 heavy (non-hydrogen) atoms. The maximum absolute atomic E-state index is 13.3. The number of aromatic nitrogens is 3. The molecule has 2 bridgehead atoms. The van der Waals surface area contributed by atoms with Crippen LogP contribution in [0.4, 0.5) is 0 Å². The minimum atomic E-state index is -0.395. The second kappa shape index (κ2) is 8.35. The van der Waals surface area contributed by atoms with E-state index in [0.717, 1.165) is 56.2 Å². The van der Waals surface area contributed by atoms with E-state index in [1.807, 2.05) is 24.7 Å². The molecule has 2 unspecified atom stereocenters. The number of amides is 1. The van der Waals surface area contributed by atoms with Gasteiger partial charge in [0.15, 0.2) is 0 Å². The first-order valence-corrected chi connectivity index (χ1v) is 12.6. The largest absolute Gasteiger partial charge is 0.392 e. The lowest BCUT2D eigenvalue weighted by molar-refractivity contribution is -0.135. The maximum atomic E-state index is 13.3. The van der Waals surface area contributed by atoms with Gasteiger partial charge in [-0.1, -0.05) is 36.8 Å². The molecular formula is C28H32N4O2. The second-order valence-electron chi connectivity index (χ2n) is 10.6. The number of carbonyl (C=O) groups excluding carboxylic acids is 1. The summed E-state index contributed by atoms with van der Waals surface area (Å²) in [5, 5.41) is 14.8. The zero-order chi connectivity index (χ0) is 23.2. The third kappa shape index (κ3) is 3.47. The number of nitrogens with zero attached hydrogens (tertiary/aromatic N) is 3. The summed E-state index contributed by atoms with van der Waals surface area (Å²) in [6.07, 6.45) is 14.1. The molecule has 2 atom stereocenters. The van der Waals surface area contributed by atoms with Crippen LogP contribution in [0.15, 0.2) is 61.3 Å². The molecule has 4 aliphatic rings. The number of rotatable bonds is 6. The van der Waals surface area contributed by atoms with E-state index in [4.69, 9.17) is 0 Å². The van der Waals surface area contributed by atoms with Crippen molar-refractivity contribution in [2.45, 2.75) is 70.1 Å². The summed E-state index contributed by atoms with van der Waals surface area (Å²) in [7, 11) is 0. The van der Waals surface area contributed by atoms with Crippen molar-refractivity contribution in [1.29, 1.82) is 0 Å².